The van der Waals surface area contributed by atoms with Crippen molar-refractivity contribution in [1.82, 2.24) is 19.7 Å². The number of thiazole rings is 1. The number of likely N-dealkylation sites (tertiary alicyclic amines) is 1. The highest BCUT2D eigenvalue weighted by Gasteiger charge is 2.29. The fourth-order valence-corrected chi connectivity index (χ4v) is 5.49. The molecule has 2 amide bonds. The number of carbonyl (C=O) groups excluding carboxylic acids is 2. The molecule has 2 fully saturated rings. The summed E-state index contributed by atoms with van der Waals surface area (Å²) in [4.78, 5) is 32.1. The normalized spacial score (nSPS) is 16.8. The van der Waals surface area contributed by atoms with Crippen LogP contribution in [0.2, 0.25) is 0 Å². The lowest BCUT2D eigenvalue weighted by molar-refractivity contribution is 0.0683. The summed E-state index contributed by atoms with van der Waals surface area (Å²) in [6.07, 6.45) is 3.96. The maximum absolute atomic E-state index is 12.9. The number of para-hydroxylation sites is 1. The zero-order valence-electron chi connectivity index (χ0n) is 18.9. The quantitative estimate of drug-likeness (QED) is 0.449. The molecule has 1 aromatic carbocycles. The van der Waals surface area contributed by atoms with Crippen molar-refractivity contribution >= 4 is 39.9 Å². The number of aromatic nitrogens is 3. The molecule has 0 spiro atoms. The minimum atomic E-state index is -0.217. The first-order valence-corrected chi connectivity index (χ1v) is 12.5. The Labute approximate surface area is 200 Å². The minimum Gasteiger partial charge on any atom is -0.451 e. The molecule has 3 aromatic heterocycles. The van der Waals surface area contributed by atoms with Gasteiger partial charge in [-0.05, 0) is 37.8 Å². The summed E-state index contributed by atoms with van der Waals surface area (Å²) in [7, 11) is 1.84. The second-order valence-electron chi connectivity index (χ2n) is 9.09. The van der Waals surface area contributed by atoms with Crippen molar-refractivity contribution in [1.29, 1.82) is 0 Å². The van der Waals surface area contributed by atoms with E-state index in [1.807, 2.05) is 53.7 Å². The maximum Gasteiger partial charge on any atom is 0.289 e. The van der Waals surface area contributed by atoms with E-state index in [4.69, 9.17) is 4.42 Å². The number of rotatable bonds is 5. The molecule has 8 nitrogen and oxygen atoms in total. The lowest BCUT2D eigenvalue weighted by atomic mass is 9.97. The van der Waals surface area contributed by atoms with E-state index in [-0.39, 0.29) is 17.7 Å². The summed E-state index contributed by atoms with van der Waals surface area (Å²) in [6.45, 7) is 1.28. The minimum absolute atomic E-state index is 0.0735. The van der Waals surface area contributed by atoms with E-state index < -0.39 is 0 Å². The Balaban J connectivity index is 1.07. The second-order valence-corrected chi connectivity index (χ2v) is 9.98. The van der Waals surface area contributed by atoms with Crippen LogP contribution in [0.5, 0.6) is 0 Å². The van der Waals surface area contributed by atoms with Gasteiger partial charge in [0, 0.05) is 48.8 Å². The first kappa shape index (κ1) is 21.1. The molecule has 0 bridgehead atoms. The number of benzene rings is 1. The van der Waals surface area contributed by atoms with Gasteiger partial charge in [0.25, 0.3) is 11.8 Å². The van der Waals surface area contributed by atoms with E-state index in [2.05, 4.69) is 15.4 Å². The van der Waals surface area contributed by atoms with E-state index in [1.54, 1.807) is 4.68 Å². The van der Waals surface area contributed by atoms with E-state index in [9.17, 15) is 9.59 Å². The summed E-state index contributed by atoms with van der Waals surface area (Å²) < 4.78 is 7.46. The summed E-state index contributed by atoms with van der Waals surface area (Å²) in [5, 5.41) is 11.1. The van der Waals surface area contributed by atoms with Gasteiger partial charge in [-0.15, -0.1) is 11.3 Å². The lowest BCUT2D eigenvalue weighted by Crippen LogP contribution is -2.37. The standard InChI is InChI=1S/C25H25N5O3S/c1-29-22(13-18(28-29)15-6-7-15)27-23(31)19-14-34-24(26-19)16-8-10-30(11-9-16)25(32)21-12-17-4-2-3-5-20(17)33-21/h2-5,12-16H,6-11H2,1H3,(H,27,31). The van der Waals surface area contributed by atoms with E-state index in [1.165, 1.54) is 24.2 Å². The molecule has 9 heteroatoms. The Hall–Kier alpha value is -3.46. The monoisotopic (exact) mass is 475 g/mol. The van der Waals surface area contributed by atoms with Crippen molar-refractivity contribution < 1.29 is 14.0 Å². The first-order chi connectivity index (χ1) is 16.5. The zero-order chi connectivity index (χ0) is 23.2. The number of furan rings is 1. The SMILES string of the molecule is Cn1nc(C2CC2)cc1NC(=O)c1csc(C2CCN(C(=O)c3cc4ccccc4o3)CC2)n1. The van der Waals surface area contributed by atoms with Gasteiger partial charge in [0.2, 0.25) is 0 Å². The number of carbonyl (C=O) groups is 2. The molecule has 0 atom stereocenters. The number of hydrogen-bond donors (Lipinski definition) is 1. The predicted molar refractivity (Wildman–Crippen MR) is 129 cm³/mol. The Bertz CT molecular complexity index is 1340. The molecule has 1 saturated heterocycles. The van der Waals surface area contributed by atoms with Crippen LogP contribution >= 0.6 is 11.3 Å². The van der Waals surface area contributed by atoms with Crippen molar-refractivity contribution in [3.8, 4) is 0 Å². The first-order valence-electron chi connectivity index (χ1n) is 11.6. The van der Waals surface area contributed by atoms with Crippen molar-refractivity contribution in [3.63, 3.8) is 0 Å². The summed E-state index contributed by atoms with van der Waals surface area (Å²) >= 11 is 1.51. The molecule has 2 aliphatic rings. The number of nitrogens with one attached hydrogen (secondary N) is 1. The van der Waals surface area contributed by atoms with Crippen LogP contribution in [0.3, 0.4) is 0 Å². The molecule has 1 aliphatic carbocycles. The third-order valence-electron chi connectivity index (χ3n) is 6.66. The third-order valence-corrected chi connectivity index (χ3v) is 7.67. The van der Waals surface area contributed by atoms with Crippen LogP contribution in [0.4, 0.5) is 5.82 Å². The van der Waals surface area contributed by atoms with E-state index in [0.29, 0.717) is 36.3 Å². The van der Waals surface area contributed by atoms with Gasteiger partial charge in [-0.25, -0.2) is 4.98 Å². The number of hydrogen-bond acceptors (Lipinski definition) is 6. The Morgan fingerprint density at radius 1 is 1.09 bits per heavy atom. The molecule has 6 rings (SSSR count). The molecule has 1 aliphatic heterocycles. The highest BCUT2D eigenvalue weighted by Crippen LogP contribution is 2.40. The van der Waals surface area contributed by atoms with Gasteiger partial charge in [-0.3, -0.25) is 14.3 Å². The van der Waals surface area contributed by atoms with Crippen LogP contribution in [0.25, 0.3) is 11.0 Å². The van der Waals surface area contributed by atoms with Gasteiger partial charge in [-0.1, -0.05) is 18.2 Å². The van der Waals surface area contributed by atoms with Crippen LogP contribution in [0, 0.1) is 0 Å². The molecule has 0 radical (unpaired) electrons. The van der Waals surface area contributed by atoms with Crippen molar-refractivity contribution in [2.75, 3.05) is 18.4 Å². The van der Waals surface area contributed by atoms with Gasteiger partial charge in [-0.2, -0.15) is 5.10 Å². The van der Waals surface area contributed by atoms with Crippen molar-refractivity contribution in [2.45, 2.75) is 37.5 Å². The number of anilines is 1. The van der Waals surface area contributed by atoms with Crippen LogP contribution in [-0.2, 0) is 7.05 Å². The average Bonchev–Trinajstić information content (AvgIpc) is 3.26. The van der Waals surface area contributed by atoms with E-state index >= 15 is 0 Å². The molecule has 1 N–H and O–H groups in total. The predicted octanol–water partition coefficient (Wildman–Crippen LogP) is 4.77. The third kappa shape index (κ3) is 4.00. The van der Waals surface area contributed by atoms with Crippen LogP contribution in [-0.4, -0.2) is 44.6 Å². The smallest absolute Gasteiger partial charge is 0.289 e. The van der Waals surface area contributed by atoms with Crippen molar-refractivity contribution in [2.24, 2.45) is 7.05 Å². The maximum atomic E-state index is 12.9. The number of piperidine rings is 1. The largest absolute Gasteiger partial charge is 0.451 e. The van der Waals surface area contributed by atoms with Crippen LogP contribution in [0.1, 0.15) is 69.3 Å². The Morgan fingerprint density at radius 2 is 1.88 bits per heavy atom. The average molecular weight is 476 g/mol. The Kier molecular flexibility index (Phi) is 5.21. The number of nitrogens with zero attached hydrogens (tertiary/aromatic N) is 4. The number of fused-ring (bicyclic) bond motifs is 1. The van der Waals surface area contributed by atoms with Gasteiger partial charge in [0.15, 0.2) is 5.76 Å². The van der Waals surface area contributed by atoms with Gasteiger partial charge >= 0.3 is 0 Å². The van der Waals surface area contributed by atoms with Crippen molar-refractivity contribution in [3.05, 3.63) is 63.9 Å². The fourth-order valence-electron chi connectivity index (χ4n) is 4.52. The van der Waals surface area contributed by atoms with Gasteiger partial charge in [0.05, 0.1) is 10.7 Å². The molecular formula is C25H25N5O3S. The highest BCUT2D eigenvalue weighted by molar-refractivity contribution is 7.10. The van der Waals surface area contributed by atoms with Gasteiger partial charge in [0.1, 0.15) is 17.1 Å². The second kappa shape index (κ2) is 8.39. The fraction of sp³-hybridized carbons (Fsp3) is 0.360. The molecule has 1 saturated carbocycles. The number of aryl methyl sites for hydroxylation is 1. The van der Waals surface area contributed by atoms with Crippen LogP contribution < -0.4 is 5.32 Å². The van der Waals surface area contributed by atoms with E-state index in [0.717, 1.165) is 34.5 Å². The Morgan fingerprint density at radius 3 is 2.65 bits per heavy atom. The zero-order valence-corrected chi connectivity index (χ0v) is 19.7. The van der Waals surface area contributed by atoms with Gasteiger partial charge < -0.3 is 14.6 Å². The summed E-state index contributed by atoms with van der Waals surface area (Å²) in [6, 6.07) is 11.4. The highest BCUT2D eigenvalue weighted by atomic mass is 32.1. The number of amides is 2. The summed E-state index contributed by atoms with van der Waals surface area (Å²) in [5.41, 5.74) is 2.19. The molecule has 174 valence electrons. The molecule has 4 heterocycles. The molecule has 0 unspecified atom stereocenters. The topological polar surface area (TPSA) is 93.3 Å². The summed E-state index contributed by atoms with van der Waals surface area (Å²) in [5.74, 6) is 1.56. The molecule has 4 aromatic rings. The molecule has 34 heavy (non-hydrogen) atoms. The molecular weight excluding hydrogens is 450 g/mol. The van der Waals surface area contributed by atoms with Crippen LogP contribution in [0.15, 0.2) is 46.2 Å². The lowest BCUT2D eigenvalue weighted by Gasteiger charge is -2.30.